The van der Waals surface area contributed by atoms with Crippen LogP contribution in [-0.2, 0) is 32.1 Å². The molecule has 1 saturated carbocycles. The first kappa shape index (κ1) is 24.4. The van der Waals surface area contributed by atoms with Crippen LogP contribution in [0.4, 0.5) is 0 Å². The van der Waals surface area contributed by atoms with Crippen LogP contribution in [0.2, 0.25) is 0 Å². The lowest BCUT2D eigenvalue weighted by molar-refractivity contribution is -0.146. The first-order chi connectivity index (χ1) is 17.1. The molecule has 3 fully saturated rings. The standard InChI is InChI=1S/C28H39N3O4/c32-24(19-29-14-11-21-7-3-4-8-23(21)18-29)20-31-15-16-35-26-17-22(9-10-25(26)28(31)34)27(33)30-12-5-1-2-6-13-30/h3-4,7-8,22,25-26H,1-2,5-6,9-20H2/t22?,25?,26-/m0/s1. The van der Waals surface area contributed by atoms with Gasteiger partial charge in [-0.1, -0.05) is 37.1 Å². The van der Waals surface area contributed by atoms with Gasteiger partial charge in [0.1, 0.15) is 0 Å². The third-order valence-corrected chi connectivity index (χ3v) is 8.36. The molecule has 1 aromatic rings. The fourth-order valence-corrected chi connectivity index (χ4v) is 6.39. The molecule has 3 aliphatic heterocycles. The highest BCUT2D eigenvalue weighted by molar-refractivity contribution is 5.89. The third-order valence-electron chi connectivity index (χ3n) is 8.36. The van der Waals surface area contributed by atoms with Crippen LogP contribution in [0.25, 0.3) is 0 Å². The van der Waals surface area contributed by atoms with Crippen LogP contribution in [0.15, 0.2) is 24.3 Å². The second-order valence-electron chi connectivity index (χ2n) is 10.8. The van der Waals surface area contributed by atoms with Gasteiger partial charge in [-0.05, 0) is 49.7 Å². The first-order valence-corrected chi connectivity index (χ1v) is 13.6. The lowest BCUT2D eigenvalue weighted by atomic mass is 9.78. The van der Waals surface area contributed by atoms with Crippen LogP contribution in [0.5, 0.6) is 0 Å². The van der Waals surface area contributed by atoms with Crippen molar-refractivity contribution in [2.75, 3.05) is 45.9 Å². The number of hydrogen-bond acceptors (Lipinski definition) is 5. The Morgan fingerprint density at radius 1 is 0.914 bits per heavy atom. The van der Waals surface area contributed by atoms with Crippen LogP contribution in [0, 0.1) is 11.8 Å². The maximum absolute atomic E-state index is 13.4. The zero-order valence-electron chi connectivity index (χ0n) is 20.8. The van der Waals surface area contributed by atoms with E-state index < -0.39 is 0 Å². The minimum atomic E-state index is -0.236. The average molecular weight is 482 g/mol. The van der Waals surface area contributed by atoms with Gasteiger partial charge in [-0.2, -0.15) is 0 Å². The van der Waals surface area contributed by atoms with Crippen molar-refractivity contribution in [3.63, 3.8) is 0 Å². The molecule has 7 heteroatoms. The monoisotopic (exact) mass is 481 g/mol. The van der Waals surface area contributed by atoms with Crippen LogP contribution in [0.1, 0.15) is 56.1 Å². The molecule has 1 aliphatic carbocycles. The summed E-state index contributed by atoms with van der Waals surface area (Å²) >= 11 is 0. The molecule has 3 heterocycles. The molecule has 7 nitrogen and oxygen atoms in total. The van der Waals surface area contributed by atoms with Crippen molar-refractivity contribution in [2.45, 2.75) is 64.0 Å². The van der Waals surface area contributed by atoms with Crippen molar-refractivity contribution in [3.8, 4) is 0 Å². The number of carbonyl (C=O) groups excluding carboxylic acids is 3. The highest BCUT2D eigenvalue weighted by Crippen LogP contribution is 2.35. The van der Waals surface area contributed by atoms with Crippen LogP contribution < -0.4 is 0 Å². The lowest BCUT2D eigenvalue weighted by Gasteiger charge is -2.36. The van der Waals surface area contributed by atoms with Gasteiger partial charge in [0, 0.05) is 38.6 Å². The number of carbonyl (C=O) groups is 3. The van der Waals surface area contributed by atoms with E-state index in [9.17, 15) is 14.4 Å². The summed E-state index contributed by atoms with van der Waals surface area (Å²) in [5.41, 5.74) is 2.66. The summed E-state index contributed by atoms with van der Waals surface area (Å²) in [5.74, 6) is 0.0881. The van der Waals surface area contributed by atoms with E-state index in [4.69, 9.17) is 4.74 Å². The first-order valence-electron chi connectivity index (χ1n) is 13.6. The van der Waals surface area contributed by atoms with Gasteiger partial charge >= 0.3 is 0 Å². The van der Waals surface area contributed by atoms with Crippen LogP contribution in [-0.4, -0.2) is 84.3 Å². The van der Waals surface area contributed by atoms with Crippen molar-refractivity contribution < 1.29 is 19.1 Å². The number of hydrogen-bond donors (Lipinski definition) is 0. The number of likely N-dealkylation sites (tertiary alicyclic amines) is 1. The zero-order valence-corrected chi connectivity index (χ0v) is 20.8. The summed E-state index contributed by atoms with van der Waals surface area (Å²) in [7, 11) is 0. The molecule has 3 atom stereocenters. The van der Waals surface area contributed by atoms with Crippen LogP contribution in [0.3, 0.4) is 0 Å². The summed E-state index contributed by atoms with van der Waals surface area (Å²) in [6.45, 7) is 4.79. The SMILES string of the molecule is O=C(CN1CCc2ccccc2C1)CN1CCO[C@H]2CC(C(=O)N3CCCCCC3)CCC2C1=O. The number of fused-ring (bicyclic) bond motifs is 2. The van der Waals surface area contributed by atoms with E-state index in [1.807, 2.05) is 11.0 Å². The minimum absolute atomic E-state index is 0.0329. The van der Waals surface area contributed by atoms with Gasteiger partial charge in [0.2, 0.25) is 11.8 Å². The molecule has 1 aromatic carbocycles. The summed E-state index contributed by atoms with van der Waals surface area (Å²) in [5, 5.41) is 0. The van der Waals surface area contributed by atoms with Gasteiger partial charge in [-0.3, -0.25) is 19.3 Å². The molecule has 0 radical (unpaired) electrons. The fraction of sp³-hybridized carbons (Fsp3) is 0.679. The number of nitrogens with zero attached hydrogens (tertiary/aromatic N) is 3. The molecule has 2 amide bonds. The number of amides is 2. The molecule has 190 valence electrons. The van der Waals surface area contributed by atoms with E-state index in [-0.39, 0.29) is 42.1 Å². The molecule has 2 saturated heterocycles. The second kappa shape index (κ2) is 11.2. The summed E-state index contributed by atoms with van der Waals surface area (Å²) in [6, 6.07) is 8.41. The molecular weight excluding hydrogens is 442 g/mol. The van der Waals surface area contributed by atoms with E-state index in [0.717, 1.165) is 51.9 Å². The van der Waals surface area contributed by atoms with Gasteiger partial charge in [0.05, 0.1) is 31.7 Å². The van der Waals surface area contributed by atoms with E-state index in [1.54, 1.807) is 4.90 Å². The molecular formula is C28H39N3O4. The molecule has 0 N–H and O–H groups in total. The van der Waals surface area contributed by atoms with Crippen molar-refractivity contribution in [1.29, 1.82) is 0 Å². The molecule has 35 heavy (non-hydrogen) atoms. The predicted molar refractivity (Wildman–Crippen MR) is 133 cm³/mol. The van der Waals surface area contributed by atoms with Gasteiger partial charge < -0.3 is 14.5 Å². The average Bonchev–Trinajstić information content (AvgIpc) is 3.23. The van der Waals surface area contributed by atoms with E-state index in [0.29, 0.717) is 32.5 Å². The quantitative estimate of drug-likeness (QED) is 0.647. The molecule has 0 aromatic heterocycles. The van der Waals surface area contributed by atoms with Crippen molar-refractivity contribution >= 4 is 17.6 Å². The van der Waals surface area contributed by atoms with Crippen molar-refractivity contribution in [3.05, 3.63) is 35.4 Å². The Bertz CT molecular complexity index is 927. The van der Waals surface area contributed by atoms with Gasteiger partial charge in [-0.15, -0.1) is 0 Å². The topological polar surface area (TPSA) is 70.2 Å². The highest BCUT2D eigenvalue weighted by atomic mass is 16.5. The number of rotatable bonds is 5. The minimum Gasteiger partial charge on any atom is -0.376 e. The van der Waals surface area contributed by atoms with E-state index >= 15 is 0 Å². The largest absolute Gasteiger partial charge is 0.376 e. The highest BCUT2D eigenvalue weighted by Gasteiger charge is 2.42. The van der Waals surface area contributed by atoms with Crippen LogP contribution >= 0.6 is 0 Å². The second-order valence-corrected chi connectivity index (χ2v) is 10.8. The maximum atomic E-state index is 13.4. The number of ketones is 1. The number of ether oxygens (including phenoxy) is 1. The maximum Gasteiger partial charge on any atom is 0.228 e. The normalized spacial score (nSPS) is 28.0. The Labute approximate surface area is 208 Å². The Morgan fingerprint density at radius 2 is 1.69 bits per heavy atom. The zero-order chi connectivity index (χ0) is 24.2. The third kappa shape index (κ3) is 5.78. The Balaban J connectivity index is 1.14. The van der Waals surface area contributed by atoms with Gasteiger partial charge in [-0.25, -0.2) is 0 Å². The Kier molecular flexibility index (Phi) is 7.83. The van der Waals surface area contributed by atoms with Crippen molar-refractivity contribution in [2.24, 2.45) is 11.8 Å². The molecule has 0 spiro atoms. The summed E-state index contributed by atoms with van der Waals surface area (Å²) in [4.78, 5) is 45.4. The Morgan fingerprint density at radius 3 is 2.49 bits per heavy atom. The number of Topliss-reactive ketones (excluding diaryl/α,β-unsaturated/α-hetero) is 1. The summed E-state index contributed by atoms with van der Waals surface area (Å²) < 4.78 is 6.12. The number of benzene rings is 1. The smallest absolute Gasteiger partial charge is 0.228 e. The summed E-state index contributed by atoms with van der Waals surface area (Å²) in [6.07, 6.45) is 7.37. The molecule has 4 aliphatic rings. The van der Waals surface area contributed by atoms with Gasteiger partial charge in [0.25, 0.3) is 0 Å². The molecule has 5 rings (SSSR count). The predicted octanol–water partition coefficient (Wildman–Crippen LogP) is 2.66. The molecule has 2 unspecified atom stereocenters. The van der Waals surface area contributed by atoms with Gasteiger partial charge in [0.15, 0.2) is 5.78 Å². The fourth-order valence-electron chi connectivity index (χ4n) is 6.39. The lowest BCUT2D eigenvalue weighted by Crippen LogP contribution is -2.47. The van der Waals surface area contributed by atoms with Crippen molar-refractivity contribution in [1.82, 2.24) is 14.7 Å². The van der Waals surface area contributed by atoms with E-state index in [2.05, 4.69) is 23.1 Å². The van der Waals surface area contributed by atoms with E-state index in [1.165, 1.54) is 24.0 Å². The Hall–Kier alpha value is -2.25. The molecule has 0 bridgehead atoms.